The van der Waals surface area contributed by atoms with Gasteiger partial charge in [0.2, 0.25) is 17.5 Å². The highest BCUT2D eigenvalue weighted by Gasteiger charge is 2.27. The van der Waals surface area contributed by atoms with Gasteiger partial charge in [-0.3, -0.25) is 4.79 Å². The molecule has 0 radical (unpaired) electrons. The lowest BCUT2D eigenvalue weighted by Crippen LogP contribution is -2.48. The summed E-state index contributed by atoms with van der Waals surface area (Å²) in [4.78, 5) is 20.9. The first-order valence-corrected chi connectivity index (χ1v) is 9.75. The highest BCUT2D eigenvalue weighted by Crippen LogP contribution is 2.29. The Hall–Kier alpha value is -3.79. The Morgan fingerprint density at radius 2 is 1.73 bits per heavy atom. The lowest BCUT2D eigenvalue weighted by Gasteiger charge is -2.34. The van der Waals surface area contributed by atoms with E-state index in [4.69, 9.17) is 9.15 Å². The van der Waals surface area contributed by atoms with E-state index in [1.807, 2.05) is 41.0 Å². The number of amides is 1. The first-order valence-electron chi connectivity index (χ1n) is 9.75. The van der Waals surface area contributed by atoms with Crippen LogP contribution < -0.4 is 9.64 Å². The summed E-state index contributed by atoms with van der Waals surface area (Å²) in [7, 11) is 1.60. The van der Waals surface area contributed by atoms with Crippen LogP contribution >= 0.6 is 0 Å². The molecule has 1 aromatic heterocycles. The minimum absolute atomic E-state index is 0.0178. The highest BCUT2D eigenvalue weighted by atomic mass is 16.5. The molecular formula is C23H22N4O3. The Bertz CT molecular complexity index is 1070. The zero-order valence-electron chi connectivity index (χ0n) is 17.0. The van der Waals surface area contributed by atoms with E-state index in [2.05, 4.69) is 11.1 Å². The number of carbonyl (C=O) groups is 1. The van der Waals surface area contributed by atoms with E-state index in [0.717, 1.165) is 16.9 Å². The molecule has 1 amide bonds. The minimum Gasteiger partial charge on any atom is -0.497 e. The van der Waals surface area contributed by atoms with Crippen molar-refractivity contribution in [2.75, 3.05) is 38.2 Å². The maximum atomic E-state index is 12.8. The normalized spacial score (nSPS) is 13.8. The number of carbonyl (C=O) groups excluding carboxylic acids is 1. The Balaban J connectivity index is 1.46. The molecule has 7 heteroatoms. The number of aromatic nitrogens is 1. The smallest absolute Gasteiger partial charge is 0.253 e. The predicted octanol–water partition coefficient (Wildman–Crippen LogP) is 3.49. The molecule has 0 bridgehead atoms. The first kappa shape index (κ1) is 19.5. The second-order valence-corrected chi connectivity index (χ2v) is 7.16. The van der Waals surface area contributed by atoms with E-state index in [0.29, 0.717) is 43.5 Å². The lowest BCUT2D eigenvalue weighted by atomic mass is 10.1. The molecule has 0 atom stereocenters. The van der Waals surface area contributed by atoms with Gasteiger partial charge in [-0.25, -0.2) is 0 Å². The standard InChI is InChI=1S/C23H22N4O3/c1-16-3-5-17(6-4-16)21-25-20(15-24)23(30-21)27-13-11-26(12-14-27)22(28)18-7-9-19(29-2)10-8-18/h3-10H,11-14H2,1-2H3. The van der Waals surface area contributed by atoms with Crippen molar-refractivity contribution in [2.24, 2.45) is 0 Å². The number of hydrogen-bond donors (Lipinski definition) is 0. The summed E-state index contributed by atoms with van der Waals surface area (Å²) in [6, 6.07) is 17.0. The van der Waals surface area contributed by atoms with Crippen LogP contribution in [0.3, 0.4) is 0 Å². The molecule has 1 saturated heterocycles. The monoisotopic (exact) mass is 402 g/mol. The van der Waals surface area contributed by atoms with E-state index in [1.165, 1.54) is 0 Å². The van der Waals surface area contributed by atoms with E-state index >= 15 is 0 Å². The van der Waals surface area contributed by atoms with Crippen molar-refractivity contribution < 1.29 is 13.9 Å². The minimum atomic E-state index is -0.0178. The zero-order valence-corrected chi connectivity index (χ0v) is 17.0. The van der Waals surface area contributed by atoms with Crippen molar-refractivity contribution in [3.8, 4) is 23.3 Å². The van der Waals surface area contributed by atoms with Crippen molar-refractivity contribution in [2.45, 2.75) is 6.92 Å². The number of piperazine rings is 1. The van der Waals surface area contributed by atoms with Gasteiger partial charge in [0.15, 0.2) is 0 Å². The Morgan fingerprint density at radius 3 is 2.33 bits per heavy atom. The molecule has 0 N–H and O–H groups in total. The van der Waals surface area contributed by atoms with Crippen molar-refractivity contribution in [1.29, 1.82) is 5.26 Å². The third kappa shape index (κ3) is 3.85. The van der Waals surface area contributed by atoms with Crippen molar-refractivity contribution in [1.82, 2.24) is 9.88 Å². The van der Waals surface area contributed by atoms with Gasteiger partial charge in [-0.05, 0) is 43.3 Å². The summed E-state index contributed by atoms with van der Waals surface area (Å²) in [5.74, 6) is 1.59. The average Bonchev–Trinajstić information content (AvgIpc) is 3.24. The SMILES string of the molecule is COc1ccc(C(=O)N2CCN(c3oc(-c4ccc(C)cc4)nc3C#N)CC2)cc1. The van der Waals surface area contributed by atoms with Crippen molar-refractivity contribution in [3.05, 3.63) is 65.4 Å². The number of nitriles is 1. The van der Waals surface area contributed by atoms with Crippen LogP contribution in [0, 0.1) is 18.3 Å². The van der Waals surface area contributed by atoms with Crippen LogP contribution in [0.5, 0.6) is 5.75 Å². The summed E-state index contributed by atoms with van der Waals surface area (Å²) >= 11 is 0. The maximum Gasteiger partial charge on any atom is 0.253 e. The fraction of sp³-hybridized carbons (Fsp3) is 0.261. The summed E-state index contributed by atoms with van der Waals surface area (Å²) in [6.07, 6.45) is 0. The third-order valence-electron chi connectivity index (χ3n) is 5.20. The molecule has 1 aliphatic rings. The van der Waals surface area contributed by atoms with Crippen LogP contribution in [0.1, 0.15) is 21.6 Å². The number of aryl methyl sites for hydroxylation is 1. The van der Waals surface area contributed by atoms with Gasteiger partial charge in [0.25, 0.3) is 5.91 Å². The number of nitrogens with zero attached hydrogens (tertiary/aromatic N) is 4. The summed E-state index contributed by atoms with van der Waals surface area (Å²) in [6.45, 7) is 4.23. The molecule has 1 aliphatic heterocycles. The molecule has 30 heavy (non-hydrogen) atoms. The van der Waals surface area contributed by atoms with Crippen LogP contribution in [-0.2, 0) is 0 Å². The van der Waals surface area contributed by atoms with Gasteiger partial charge in [-0.1, -0.05) is 17.7 Å². The molecule has 0 unspecified atom stereocenters. The molecule has 0 aliphatic carbocycles. The maximum absolute atomic E-state index is 12.8. The summed E-state index contributed by atoms with van der Waals surface area (Å²) < 4.78 is 11.1. The van der Waals surface area contributed by atoms with Crippen LogP contribution in [0.2, 0.25) is 0 Å². The zero-order chi connectivity index (χ0) is 21.1. The van der Waals surface area contributed by atoms with E-state index in [9.17, 15) is 10.1 Å². The predicted molar refractivity (Wildman–Crippen MR) is 113 cm³/mol. The lowest BCUT2D eigenvalue weighted by molar-refractivity contribution is 0.0745. The van der Waals surface area contributed by atoms with E-state index < -0.39 is 0 Å². The Morgan fingerprint density at radius 1 is 1.07 bits per heavy atom. The highest BCUT2D eigenvalue weighted by molar-refractivity contribution is 5.94. The van der Waals surface area contributed by atoms with Crippen LogP contribution in [-0.4, -0.2) is 49.1 Å². The molecule has 0 spiro atoms. The average molecular weight is 402 g/mol. The molecule has 7 nitrogen and oxygen atoms in total. The number of anilines is 1. The molecular weight excluding hydrogens is 380 g/mol. The van der Waals surface area contributed by atoms with Gasteiger partial charge in [-0.2, -0.15) is 10.2 Å². The van der Waals surface area contributed by atoms with E-state index in [1.54, 1.807) is 31.4 Å². The fourth-order valence-electron chi connectivity index (χ4n) is 3.45. The number of benzene rings is 2. The molecule has 152 valence electrons. The van der Waals surface area contributed by atoms with Crippen molar-refractivity contribution >= 4 is 11.8 Å². The van der Waals surface area contributed by atoms with Gasteiger partial charge in [0.1, 0.15) is 11.8 Å². The van der Waals surface area contributed by atoms with E-state index in [-0.39, 0.29) is 11.6 Å². The summed E-state index contributed by atoms with van der Waals surface area (Å²) in [5, 5.41) is 9.51. The molecule has 2 heterocycles. The van der Waals surface area contributed by atoms with Gasteiger partial charge >= 0.3 is 0 Å². The van der Waals surface area contributed by atoms with Gasteiger partial charge in [-0.15, -0.1) is 0 Å². The first-order chi connectivity index (χ1) is 14.6. The fourth-order valence-corrected chi connectivity index (χ4v) is 3.45. The van der Waals surface area contributed by atoms with Crippen LogP contribution in [0.25, 0.3) is 11.5 Å². The molecule has 0 saturated carbocycles. The molecule has 2 aromatic carbocycles. The number of hydrogen-bond acceptors (Lipinski definition) is 6. The molecule has 4 rings (SSSR count). The van der Waals surface area contributed by atoms with Crippen LogP contribution in [0.15, 0.2) is 52.9 Å². The number of oxazole rings is 1. The Kier molecular flexibility index (Phi) is 5.40. The van der Waals surface area contributed by atoms with Crippen LogP contribution in [0.4, 0.5) is 5.88 Å². The second kappa shape index (κ2) is 8.29. The van der Waals surface area contributed by atoms with Crippen molar-refractivity contribution in [3.63, 3.8) is 0 Å². The largest absolute Gasteiger partial charge is 0.497 e. The molecule has 3 aromatic rings. The van der Waals surface area contributed by atoms with Gasteiger partial charge in [0.05, 0.1) is 7.11 Å². The third-order valence-corrected chi connectivity index (χ3v) is 5.20. The number of rotatable bonds is 4. The number of ether oxygens (including phenoxy) is 1. The topological polar surface area (TPSA) is 82.6 Å². The quantitative estimate of drug-likeness (QED) is 0.664. The molecule has 1 fully saturated rings. The number of methoxy groups -OCH3 is 1. The summed E-state index contributed by atoms with van der Waals surface area (Å²) in [5.41, 5.74) is 2.86. The van der Waals surface area contributed by atoms with Gasteiger partial charge in [0, 0.05) is 37.3 Å². The van der Waals surface area contributed by atoms with Gasteiger partial charge < -0.3 is 19.0 Å². The Labute approximate surface area is 175 Å². The second-order valence-electron chi connectivity index (χ2n) is 7.16.